The smallest absolute Gasteiger partial charge is 0.347 e. The summed E-state index contributed by atoms with van der Waals surface area (Å²) in [5.41, 5.74) is -0.970. The predicted molar refractivity (Wildman–Crippen MR) is 60.2 cm³/mol. The van der Waals surface area contributed by atoms with Gasteiger partial charge in [-0.05, 0) is 32.9 Å². The number of carboxylic acid groups (broad SMARTS) is 1. The van der Waals surface area contributed by atoms with Crippen molar-refractivity contribution in [3.8, 4) is 5.75 Å². The second kappa shape index (κ2) is 4.40. The van der Waals surface area contributed by atoms with Crippen molar-refractivity contribution in [3.63, 3.8) is 0 Å². The van der Waals surface area contributed by atoms with Gasteiger partial charge in [-0.2, -0.15) is 0 Å². The van der Waals surface area contributed by atoms with E-state index >= 15 is 0 Å². The number of hydrogen-bond donors (Lipinski definition) is 1. The van der Waals surface area contributed by atoms with Crippen molar-refractivity contribution in [3.05, 3.63) is 33.9 Å². The van der Waals surface area contributed by atoms with E-state index in [1.54, 1.807) is 6.92 Å². The molecule has 0 fully saturated rings. The van der Waals surface area contributed by atoms with Crippen LogP contribution in [0.5, 0.6) is 5.75 Å². The maximum absolute atomic E-state index is 10.9. The van der Waals surface area contributed by atoms with Crippen LogP contribution in [0.2, 0.25) is 0 Å². The molecular formula is C11H13NO5. The number of rotatable bonds is 4. The second-order valence-corrected chi connectivity index (χ2v) is 4.12. The molecule has 17 heavy (non-hydrogen) atoms. The molecule has 6 nitrogen and oxygen atoms in total. The molecule has 0 radical (unpaired) electrons. The van der Waals surface area contributed by atoms with Gasteiger partial charge in [-0.15, -0.1) is 0 Å². The van der Waals surface area contributed by atoms with Gasteiger partial charge in [0.1, 0.15) is 5.75 Å². The van der Waals surface area contributed by atoms with Crippen LogP contribution in [-0.2, 0) is 4.79 Å². The highest BCUT2D eigenvalue weighted by Gasteiger charge is 2.29. The third-order valence-corrected chi connectivity index (χ3v) is 2.25. The number of ether oxygens (including phenoxy) is 1. The molecule has 0 saturated heterocycles. The SMILES string of the molecule is Cc1cc(OC(C)(C)C(=O)O)ccc1[N+](=O)[O-]. The van der Waals surface area contributed by atoms with E-state index in [4.69, 9.17) is 9.84 Å². The van der Waals surface area contributed by atoms with Crippen LogP contribution in [0.1, 0.15) is 19.4 Å². The fourth-order valence-corrected chi connectivity index (χ4v) is 1.23. The van der Waals surface area contributed by atoms with Crippen LogP contribution in [0, 0.1) is 17.0 Å². The Bertz CT molecular complexity index is 467. The molecule has 1 N–H and O–H groups in total. The number of carboxylic acids is 1. The molecule has 92 valence electrons. The first kappa shape index (κ1) is 13.0. The summed E-state index contributed by atoms with van der Waals surface area (Å²) in [7, 11) is 0. The van der Waals surface area contributed by atoms with Crippen molar-refractivity contribution in [1.82, 2.24) is 0 Å². The van der Waals surface area contributed by atoms with Gasteiger partial charge in [-0.1, -0.05) is 0 Å². The molecule has 1 aromatic carbocycles. The van der Waals surface area contributed by atoms with Crippen molar-refractivity contribution in [2.45, 2.75) is 26.4 Å². The maximum atomic E-state index is 10.9. The predicted octanol–water partition coefficient (Wildman–Crippen LogP) is 2.15. The van der Waals surface area contributed by atoms with Gasteiger partial charge in [0.15, 0.2) is 5.60 Å². The number of nitro benzene ring substituents is 1. The Morgan fingerprint density at radius 1 is 1.47 bits per heavy atom. The minimum Gasteiger partial charge on any atom is -0.478 e. The van der Waals surface area contributed by atoms with E-state index in [0.29, 0.717) is 11.3 Å². The summed E-state index contributed by atoms with van der Waals surface area (Å²) in [5, 5.41) is 19.5. The molecule has 0 aliphatic carbocycles. The van der Waals surface area contributed by atoms with Crippen molar-refractivity contribution in [2.75, 3.05) is 0 Å². The lowest BCUT2D eigenvalue weighted by Gasteiger charge is -2.21. The van der Waals surface area contributed by atoms with E-state index in [1.807, 2.05) is 0 Å². The molecule has 1 aromatic rings. The Balaban J connectivity index is 2.99. The number of benzene rings is 1. The van der Waals surface area contributed by atoms with E-state index in [9.17, 15) is 14.9 Å². The van der Waals surface area contributed by atoms with Gasteiger partial charge < -0.3 is 9.84 Å². The van der Waals surface area contributed by atoms with Crippen molar-refractivity contribution in [2.24, 2.45) is 0 Å². The molecule has 0 spiro atoms. The molecule has 0 bridgehead atoms. The molecule has 0 atom stereocenters. The van der Waals surface area contributed by atoms with Crippen LogP contribution in [0.3, 0.4) is 0 Å². The summed E-state index contributed by atoms with van der Waals surface area (Å²) in [6, 6.07) is 4.13. The van der Waals surface area contributed by atoms with Crippen LogP contribution in [0.4, 0.5) is 5.69 Å². The largest absolute Gasteiger partial charge is 0.478 e. The van der Waals surface area contributed by atoms with Gasteiger partial charge in [0, 0.05) is 11.6 Å². The third-order valence-electron chi connectivity index (χ3n) is 2.25. The summed E-state index contributed by atoms with van der Waals surface area (Å²) in [6.07, 6.45) is 0. The number of aliphatic carboxylic acids is 1. The number of hydrogen-bond acceptors (Lipinski definition) is 4. The second-order valence-electron chi connectivity index (χ2n) is 4.12. The number of nitrogens with zero attached hydrogens (tertiary/aromatic N) is 1. The van der Waals surface area contributed by atoms with Gasteiger partial charge in [0.25, 0.3) is 5.69 Å². The first-order valence-electron chi connectivity index (χ1n) is 4.91. The lowest BCUT2D eigenvalue weighted by Crippen LogP contribution is -2.37. The van der Waals surface area contributed by atoms with E-state index in [2.05, 4.69) is 0 Å². The van der Waals surface area contributed by atoms with Crippen LogP contribution in [0.15, 0.2) is 18.2 Å². The Morgan fingerprint density at radius 2 is 2.06 bits per heavy atom. The van der Waals surface area contributed by atoms with Gasteiger partial charge in [-0.25, -0.2) is 4.79 Å². The lowest BCUT2D eigenvalue weighted by atomic mass is 10.1. The normalized spacial score (nSPS) is 11.0. The monoisotopic (exact) mass is 239 g/mol. The first-order valence-corrected chi connectivity index (χ1v) is 4.91. The van der Waals surface area contributed by atoms with Gasteiger partial charge in [0.2, 0.25) is 0 Å². The Labute approximate surface area is 98.0 Å². The summed E-state index contributed by atoms with van der Waals surface area (Å²) >= 11 is 0. The van der Waals surface area contributed by atoms with E-state index in [0.717, 1.165) is 0 Å². The standard InChI is InChI=1S/C11H13NO5/c1-7-6-8(4-5-9(7)12(15)16)17-11(2,3)10(13)14/h4-6H,1-3H3,(H,13,14). The molecule has 0 unspecified atom stereocenters. The molecule has 0 saturated carbocycles. The molecule has 0 amide bonds. The fraction of sp³-hybridized carbons (Fsp3) is 0.364. The van der Waals surface area contributed by atoms with E-state index in [1.165, 1.54) is 32.0 Å². The third kappa shape index (κ3) is 2.93. The highest BCUT2D eigenvalue weighted by molar-refractivity contribution is 5.76. The fourth-order valence-electron chi connectivity index (χ4n) is 1.23. The van der Waals surface area contributed by atoms with Gasteiger partial charge in [-0.3, -0.25) is 10.1 Å². The Kier molecular flexibility index (Phi) is 3.36. The molecule has 1 rings (SSSR count). The summed E-state index contributed by atoms with van der Waals surface area (Å²) in [6.45, 7) is 4.39. The Morgan fingerprint density at radius 3 is 2.47 bits per heavy atom. The molecule has 0 heterocycles. The summed E-state index contributed by atoms with van der Waals surface area (Å²) in [4.78, 5) is 21.0. The highest BCUT2D eigenvalue weighted by atomic mass is 16.6. The van der Waals surface area contributed by atoms with Crippen molar-refractivity contribution < 1.29 is 19.6 Å². The van der Waals surface area contributed by atoms with Gasteiger partial charge >= 0.3 is 5.97 Å². The van der Waals surface area contributed by atoms with Crippen LogP contribution < -0.4 is 4.74 Å². The molecule has 0 aromatic heterocycles. The zero-order chi connectivity index (χ0) is 13.2. The topological polar surface area (TPSA) is 89.7 Å². The van der Waals surface area contributed by atoms with Crippen molar-refractivity contribution in [1.29, 1.82) is 0 Å². The van der Waals surface area contributed by atoms with Crippen LogP contribution in [-0.4, -0.2) is 21.6 Å². The van der Waals surface area contributed by atoms with Crippen LogP contribution >= 0.6 is 0 Å². The average Bonchev–Trinajstić information content (AvgIpc) is 2.15. The van der Waals surface area contributed by atoms with E-state index in [-0.39, 0.29) is 5.69 Å². The van der Waals surface area contributed by atoms with Crippen molar-refractivity contribution >= 4 is 11.7 Å². The average molecular weight is 239 g/mol. The summed E-state index contributed by atoms with van der Waals surface area (Å²) in [5.74, 6) is -0.811. The van der Waals surface area contributed by atoms with Crippen LogP contribution in [0.25, 0.3) is 0 Å². The minimum absolute atomic E-state index is 0.0227. The van der Waals surface area contributed by atoms with E-state index < -0.39 is 16.5 Å². The highest BCUT2D eigenvalue weighted by Crippen LogP contribution is 2.25. The maximum Gasteiger partial charge on any atom is 0.347 e. The van der Waals surface area contributed by atoms with Gasteiger partial charge in [0.05, 0.1) is 4.92 Å². The zero-order valence-electron chi connectivity index (χ0n) is 9.76. The number of nitro groups is 1. The summed E-state index contributed by atoms with van der Waals surface area (Å²) < 4.78 is 5.26. The first-order chi connectivity index (χ1) is 7.74. The molecule has 0 aliphatic rings. The zero-order valence-corrected chi connectivity index (χ0v) is 9.76. The number of carbonyl (C=O) groups is 1. The molecule has 0 aliphatic heterocycles. The number of aryl methyl sites for hydroxylation is 1. The Hall–Kier alpha value is -2.11. The molecular weight excluding hydrogens is 226 g/mol. The minimum atomic E-state index is -1.37. The lowest BCUT2D eigenvalue weighted by molar-refractivity contribution is -0.385. The quantitative estimate of drug-likeness (QED) is 0.642. The molecule has 6 heteroatoms.